The third kappa shape index (κ3) is 4.86. The van der Waals surface area contributed by atoms with E-state index in [9.17, 15) is 4.79 Å². The van der Waals surface area contributed by atoms with Crippen LogP contribution < -0.4 is 20.4 Å². The Labute approximate surface area is 194 Å². The maximum absolute atomic E-state index is 11.6. The van der Waals surface area contributed by atoms with Gasteiger partial charge in [0.1, 0.15) is 11.9 Å². The van der Waals surface area contributed by atoms with E-state index in [1.54, 1.807) is 6.08 Å². The molecular weight excluding hydrogens is 437 g/mol. The molecule has 1 N–H and O–H groups in total. The van der Waals surface area contributed by atoms with E-state index in [1.807, 2.05) is 48.5 Å². The summed E-state index contributed by atoms with van der Waals surface area (Å²) in [6.45, 7) is 2.07. The lowest BCUT2D eigenvalue weighted by Crippen LogP contribution is -2.35. The summed E-state index contributed by atoms with van der Waals surface area (Å²) in [6, 6.07) is 26.7. The first kappa shape index (κ1) is 22.5. The molecule has 4 rings (SSSR count). The predicted molar refractivity (Wildman–Crippen MR) is 134 cm³/mol. The van der Waals surface area contributed by atoms with E-state index in [4.69, 9.17) is 21.3 Å². The molecule has 0 aromatic heterocycles. The van der Waals surface area contributed by atoms with Gasteiger partial charge in [-0.15, -0.1) is 0 Å². The van der Waals surface area contributed by atoms with Crippen molar-refractivity contribution in [2.45, 2.75) is 25.5 Å². The van der Waals surface area contributed by atoms with E-state index in [2.05, 4.69) is 42.3 Å². The Balaban J connectivity index is 1.75. The molecule has 4 nitrogen and oxygen atoms in total. The average Bonchev–Trinajstić information content (AvgIpc) is 2.84. The van der Waals surface area contributed by atoms with Crippen molar-refractivity contribution in [2.24, 2.45) is 0 Å². The Hall–Kier alpha value is -2.72. The van der Waals surface area contributed by atoms with Crippen LogP contribution in [0.4, 0.5) is 0 Å². The second-order valence-corrected chi connectivity index (χ2v) is 11.9. The van der Waals surface area contributed by atoms with Crippen LogP contribution in [0.3, 0.4) is 0 Å². The summed E-state index contributed by atoms with van der Waals surface area (Å²) < 4.78 is 10.9. The summed E-state index contributed by atoms with van der Waals surface area (Å²) in [5, 5.41) is 6.10. The molecule has 0 aliphatic carbocycles. The third-order valence-electron chi connectivity index (χ3n) is 5.51. The van der Waals surface area contributed by atoms with Crippen LogP contribution in [0.1, 0.15) is 23.6 Å². The number of benzene rings is 3. The molecule has 0 spiro atoms. The van der Waals surface area contributed by atoms with Gasteiger partial charge in [-0.05, 0) is 19.1 Å². The zero-order valence-electron chi connectivity index (χ0n) is 18.1. The summed E-state index contributed by atoms with van der Waals surface area (Å²) in [7, 11) is 1.37. The fraction of sp³-hybridized carbons (Fsp3) is 0.192. The molecule has 2 atom stereocenters. The van der Waals surface area contributed by atoms with Gasteiger partial charge < -0.3 is 9.47 Å². The van der Waals surface area contributed by atoms with Crippen LogP contribution in [0.25, 0.3) is 0 Å². The summed E-state index contributed by atoms with van der Waals surface area (Å²) in [5.41, 5.74) is 2.25. The number of esters is 1. The van der Waals surface area contributed by atoms with Crippen molar-refractivity contribution in [1.82, 2.24) is 5.09 Å². The van der Waals surface area contributed by atoms with Crippen LogP contribution in [0.2, 0.25) is 0 Å². The SMILES string of the molecule is COC(=O)/C=C/C1CC(NP(=S)(c2ccccc2)c2ccccc2)c2cc(C)ccc2O1. The smallest absolute Gasteiger partial charge is 0.330 e. The normalized spacial score (nSPS) is 18.1. The van der Waals surface area contributed by atoms with Crippen molar-refractivity contribution in [1.29, 1.82) is 0 Å². The Bertz CT molecular complexity index is 1120. The average molecular weight is 464 g/mol. The summed E-state index contributed by atoms with van der Waals surface area (Å²) in [6.07, 6.45) is 1.25. The molecule has 1 aliphatic rings. The summed E-state index contributed by atoms with van der Waals surface area (Å²) in [4.78, 5) is 11.6. The molecule has 0 radical (unpaired) electrons. The number of hydrogen-bond donors (Lipinski definition) is 1. The second-order valence-electron chi connectivity index (χ2n) is 7.78. The van der Waals surface area contributed by atoms with E-state index in [0.717, 1.165) is 27.5 Å². The van der Waals surface area contributed by atoms with E-state index >= 15 is 0 Å². The van der Waals surface area contributed by atoms with Crippen molar-refractivity contribution in [3.63, 3.8) is 0 Å². The zero-order valence-corrected chi connectivity index (χ0v) is 19.8. The predicted octanol–water partition coefficient (Wildman–Crippen LogP) is 4.55. The van der Waals surface area contributed by atoms with Crippen molar-refractivity contribution >= 4 is 34.6 Å². The van der Waals surface area contributed by atoms with Gasteiger partial charge in [0, 0.05) is 34.7 Å². The molecule has 6 heteroatoms. The monoisotopic (exact) mass is 463 g/mol. The molecule has 164 valence electrons. The van der Waals surface area contributed by atoms with E-state index < -0.39 is 12.2 Å². The maximum atomic E-state index is 11.6. The molecule has 0 amide bonds. The first-order valence-electron chi connectivity index (χ1n) is 10.5. The van der Waals surface area contributed by atoms with Gasteiger partial charge in [-0.3, -0.25) is 5.09 Å². The van der Waals surface area contributed by atoms with Crippen molar-refractivity contribution in [3.8, 4) is 5.75 Å². The quantitative estimate of drug-likeness (QED) is 0.330. The van der Waals surface area contributed by atoms with Gasteiger partial charge in [0.05, 0.1) is 13.3 Å². The summed E-state index contributed by atoms with van der Waals surface area (Å²) >= 11 is 6.41. The Morgan fingerprint density at radius 3 is 2.28 bits per heavy atom. The first-order valence-corrected chi connectivity index (χ1v) is 13.3. The van der Waals surface area contributed by atoms with Gasteiger partial charge in [0.2, 0.25) is 0 Å². The number of carbonyl (C=O) groups excluding carboxylic acids is 1. The fourth-order valence-electron chi connectivity index (χ4n) is 3.91. The van der Waals surface area contributed by atoms with Gasteiger partial charge in [0.25, 0.3) is 0 Å². The molecule has 32 heavy (non-hydrogen) atoms. The molecule has 0 fully saturated rings. The topological polar surface area (TPSA) is 47.6 Å². The molecule has 2 unspecified atom stereocenters. The number of aryl methyl sites for hydroxylation is 1. The Morgan fingerprint density at radius 2 is 1.69 bits per heavy atom. The highest BCUT2D eigenvalue weighted by Gasteiger charge is 2.32. The lowest BCUT2D eigenvalue weighted by atomic mass is 9.95. The number of ether oxygens (including phenoxy) is 2. The van der Waals surface area contributed by atoms with Crippen molar-refractivity contribution in [2.75, 3.05) is 7.11 Å². The van der Waals surface area contributed by atoms with Gasteiger partial charge in [-0.25, -0.2) is 4.79 Å². The maximum Gasteiger partial charge on any atom is 0.330 e. The van der Waals surface area contributed by atoms with Crippen molar-refractivity contribution < 1.29 is 14.3 Å². The van der Waals surface area contributed by atoms with E-state index in [-0.39, 0.29) is 12.1 Å². The van der Waals surface area contributed by atoms with E-state index in [0.29, 0.717) is 6.42 Å². The minimum absolute atomic E-state index is 0.0304. The molecule has 0 bridgehead atoms. The minimum Gasteiger partial charge on any atom is -0.486 e. The molecule has 1 heterocycles. The zero-order chi connectivity index (χ0) is 22.6. The Kier molecular flexibility index (Phi) is 6.90. The highest BCUT2D eigenvalue weighted by molar-refractivity contribution is 8.20. The lowest BCUT2D eigenvalue weighted by molar-refractivity contribution is -0.134. The Morgan fingerprint density at radius 1 is 1.06 bits per heavy atom. The number of carbonyl (C=O) groups is 1. The highest BCUT2D eigenvalue weighted by Crippen LogP contribution is 2.46. The van der Waals surface area contributed by atoms with Crippen LogP contribution in [-0.4, -0.2) is 19.2 Å². The number of hydrogen-bond acceptors (Lipinski definition) is 4. The molecular formula is C26H26NO3PS. The molecule has 3 aromatic carbocycles. The summed E-state index contributed by atoms with van der Waals surface area (Å²) in [5.74, 6) is 0.410. The number of fused-ring (bicyclic) bond motifs is 1. The molecule has 0 saturated heterocycles. The van der Waals surface area contributed by atoms with Gasteiger partial charge >= 0.3 is 5.97 Å². The largest absolute Gasteiger partial charge is 0.486 e. The van der Waals surface area contributed by atoms with Crippen molar-refractivity contribution in [3.05, 3.63) is 102 Å². The minimum atomic E-state index is -2.32. The number of nitrogens with one attached hydrogen (secondary N) is 1. The lowest BCUT2D eigenvalue weighted by Gasteiger charge is -2.36. The van der Waals surface area contributed by atoms with Gasteiger partial charge in [-0.1, -0.05) is 90.2 Å². The molecule has 0 saturated carbocycles. The first-order chi connectivity index (χ1) is 15.5. The van der Waals surface area contributed by atoms with Crippen LogP contribution in [0, 0.1) is 6.92 Å². The van der Waals surface area contributed by atoms with Gasteiger partial charge in [0.15, 0.2) is 0 Å². The van der Waals surface area contributed by atoms with Crippen LogP contribution in [-0.2, 0) is 21.3 Å². The third-order valence-corrected chi connectivity index (χ3v) is 9.82. The van der Waals surface area contributed by atoms with Crippen LogP contribution >= 0.6 is 6.19 Å². The molecule has 3 aromatic rings. The number of methoxy groups -OCH3 is 1. The highest BCUT2D eigenvalue weighted by atomic mass is 32.4. The van der Waals surface area contributed by atoms with E-state index in [1.165, 1.54) is 13.2 Å². The fourth-order valence-corrected chi connectivity index (χ4v) is 7.48. The molecule has 1 aliphatic heterocycles. The number of rotatable bonds is 6. The standard InChI is InChI=1S/C26H26NO3PS/c1-19-13-15-25-23(17-19)24(18-20(30-25)14-16-26(28)29-2)27-31(32,21-9-5-3-6-10-21)22-11-7-4-8-12-22/h3-17,20,24H,18H2,1-2H3,(H,27,32)/b16-14+. The van der Waals surface area contributed by atoms with Crippen LogP contribution in [0.15, 0.2) is 91.0 Å². The van der Waals surface area contributed by atoms with Crippen LogP contribution in [0.5, 0.6) is 5.75 Å². The van der Waals surface area contributed by atoms with Gasteiger partial charge in [-0.2, -0.15) is 0 Å². The second kappa shape index (κ2) is 9.83.